The molecule has 0 fully saturated rings. The highest BCUT2D eigenvalue weighted by Gasteiger charge is 2.23. The standard InChI is InChI=1S/C26H20ClNO3/c1-16-8-10-19(11-9-16)25(29)17(2)31-26(30)22-15-24(18-6-4-3-5-7-18)28-23-13-12-20(27)14-21(22)23/h3-15,17H,1-2H3. The van der Waals surface area contributed by atoms with Crippen LogP contribution in [0.15, 0.2) is 78.9 Å². The van der Waals surface area contributed by atoms with Crippen LogP contribution in [0.25, 0.3) is 22.2 Å². The maximum absolute atomic E-state index is 13.1. The summed E-state index contributed by atoms with van der Waals surface area (Å²) in [6.07, 6.45) is -0.933. The van der Waals surface area contributed by atoms with E-state index in [0.717, 1.165) is 11.1 Å². The number of hydrogen-bond donors (Lipinski definition) is 0. The molecule has 3 aromatic carbocycles. The summed E-state index contributed by atoms with van der Waals surface area (Å²) >= 11 is 6.17. The van der Waals surface area contributed by atoms with E-state index < -0.39 is 12.1 Å². The van der Waals surface area contributed by atoms with Crippen molar-refractivity contribution in [2.45, 2.75) is 20.0 Å². The Bertz CT molecular complexity index is 1270. The van der Waals surface area contributed by atoms with Crippen molar-refractivity contribution in [3.8, 4) is 11.3 Å². The number of carbonyl (C=O) groups is 2. The van der Waals surface area contributed by atoms with Crippen LogP contribution in [0.3, 0.4) is 0 Å². The van der Waals surface area contributed by atoms with Crippen molar-refractivity contribution in [3.05, 3.63) is 101 Å². The molecule has 154 valence electrons. The Morgan fingerprint density at radius 3 is 2.35 bits per heavy atom. The Morgan fingerprint density at radius 1 is 0.935 bits per heavy atom. The van der Waals surface area contributed by atoms with Crippen LogP contribution in [0.1, 0.15) is 33.2 Å². The molecule has 1 unspecified atom stereocenters. The molecule has 1 aromatic heterocycles. The number of ketones is 1. The lowest BCUT2D eigenvalue weighted by atomic mass is 10.0. The van der Waals surface area contributed by atoms with Crippen molar-refractivity contribution in [1.29, 1.82) is 0 Å². The van der Waals surface area contributed by atoms with Crippen LogP contribution in [0.5, 0.6) is 0 Å². The Kier molecular flexibility index (Phi) is 5.83. The molecule has 0 saturated heterocycles. The van der Waals surface area contributed by atoms with Crippen molar-refractivity contribution >= 4 is 34.3 Å². The van der Waals surface area contributed by atoms with Crippen molar-refractivity contribution in [2.24, 2.45) is 0 Å². The van der Waals surface area contributed by atoms with Crippen LogP contribution in [-0.2, 0) is 4.74 Å². The summed E-state index contributed by atoms with van der Waals surface area (Å²) in [5, 5.41) is 1.06. The lowest BCUT2D eigenvalue weighted by Crippen LogP contribution is -2.24. The molecule has 0 aliphatic rings. The van der Waals surface area contributed by atoms with E-state index in [9.17, 15) is 9.59 Å². The zero-order valence-electron chi connectivity index (χ0n) is 17.1. The number of fused-ring (bicyclic) bond motifs is 1. The highest BCUT2D eigenvalue weighted by molar-refractivity contribution is 6.31. The Labute approximate surface area is 185 Å². The first-order valence-electron chi connectivity index (χ1n) is 9.90. The van der Waals surface area contributed by atoms with Gasteiger partial charge in [-0.15, -0.1) is 0 Å². The van der Waals surface area contributed by atoms with Gasteiger partial charge in [-0.3, -0.25) is 4.79 Å². The first-order valence-corrected chi connectivity index (χ1v) is 10.3. The third kappa shape index (κ3) is 4.49. The van der Waals surface area contributed by atoms with Crippen molar-refractivity contribution in [3.63, 3.8) is 0 Å². The molecule has 4 aromatic rings. The molecule has 1 atom stereocenters. The average molecular weight is 430 g/mol. The maximum atomic E-state index is 13.1. The third-order valence-corrected chi connectivity index (χ3v) is 5.28. The molecule has 0 bridgehead atoms. The predicted octanol–water partition coefficient (Wildman–Crippen LogP) is 6.29. The molecule has 0 saturated carbocycles. The largest absolute Gasteiger partial charge is 0.451 e. The summed E-state index contributed by atoms with van der Waals surface area (Å²) in [6.45, 7) is 3.52. The molecule has 0 radical (unpaired) electrons. The first kappa shape index (κ1) is 20.8. The Balaban J connectivity index is 1.70. The van der Waals surface area contributed by atoms with Gasteiger partial charge in [0.2, 0.25) is 5.78 Å². The summed E-state index contributed by atoms with van der Waals surface area (Å²) in [5.74, 6) is -0.854. The van der Waals surface area contributed by atoms with Crippen LogP contribution in [-0.4, -0.2) is 22.8 Å². The van der Waals surface area contributed by atoms with E-state index in [1.54, 1.807) is 43.3 Å². The minimum absolute atomic E-state index is 0.256. The number of aromatic nitrogens is 1. The van der Waals surface area contributed by atoms with Gasteiger partial charge in [0.25, 0.3) is 0 Å². The molecule has 0 spiro atoms. The second kappa shape index (κ2) is 8.70. The molecule has 0 aliphatic heterocycles. The fraction of sp³-hybridized carbons (Fsp3) is 0.115. The fourth-order valence-corrected chi connectivity index (χ4v) is 3.53. The van der Waals surface area contributed by atoms with Crippen molar-refractivity contribution < 1.29 is 14.3 Å². The van der Waals surface area contributed by atoms with Gasteiger partial charge in [-0.1, -0.05) is 71.8 Å². The Hall–Kier alpha value is -3.50. The quantitative estimate of drug-likeness (QED) is 0.276. The van der Waals surface area contributed by atoms with Gasteiger partial charge in [-0.2, -0.15) is 0 Å². The first-order chi connectivity index (χ1) is 14.9. The normalized spacial score (nSPS) is 11.8. The number of ether oxygens (including phenoxy) is 1. The number of Topliss-reactive ketones (excluding diaryl/α,β-unsaturated/α-hetero) is 1. The minimum Gasteiger partial charge on any atom is -0.451 e. The number of aryl methyl sites for hydroxylation is 1. The van der Waals surface area contributed by atoms with Crippen molar-refractivity contribution in [2.75, 3.05) is 0 Å². The van der Waals surface area contributed by atoms with Crippen LogP contribution < -0.4 is 0 Å². The molecule has 0 aliphatic carbocycles. The predicted molar refractivity (Wildman–Crippen MR) is 123 cm³/mol. The van der Waals surface area contributed by atoms with E-state index in [-0.39, 0.29) is 5.78 Å². The SMILES string of the molecule is Cc1ccc(C(=O)C(C)OC(=O)c2cc(-c3ccccc3)nc3ccc(Cl)cc23)cc1. The molecule has 4 nitrogen and oxygen atoms in total. The monoisotopic (exact) mass is 429 g/mol. The van der Waals surface area contributed by atoms with Crippen LogP contribution in [0.2, 0.25) is 5.02 Å². The van der Waals surface area contributed by atoms with Gasteiger partial charge >= 0.3 is 5.97 Å². The third-order valence-electron chi connectivity index (χ3n) is 5.05. The van der Waals surface area contributed by atoms with Gasteiger partial charge in [0, 0.05) is 21.5 Å². The van der Waals surface area contributed by atoms with E-state index >= 15 is 0 Å². The molecule has 0 amide bonds. The summed E-state index contributed by atoms with van der Waals surface area (Å²) in [6, 6.07) is 23.6. The van der Waals surface area contributed by atoms with Gasteiger partial charge in [0.1, 0.15) is 0 Å². The molecule has 1 heterocycles. The van der Waals surface area contributed by atoms with Gasteiger partial charge in [0.05, 0.1) is 16.8 Å². The number of rotatable bonds is 5. The summed E-state index contributed by atoms with van der Waals surface area (Å²) < 4.78 is 5.56. The van der Waals surface area contributed by atoms with Crippen molar-refractivity contribution in [1.82, 2.24) is 4.98 Å². The van der Waals surface area contributed by atoms with E-state index in [2.05, 4.69) is 4.98 Å². The summed E-state index contributed by atoms with van der Waals surface area (Å²) in [5.41, 5.74) is 4.00. The van der Waals surface area contributed by atoms with Gasteiger partial charge in [-0.05, 0) is 38.1 Å². The van der Waals surface area contributed by atoms with Crippen LogP contribution in [0.4, 0.5) is 0 Å². The van der Waals surface area contributed by atoms with Gasteiger partial charge in [0.15, 0.2) is 6.10 Å². The number of pyridine rings is 1. The fourth-order valence-electron chi connectivity index (χ4n) is 3.35. The molecule has 31 heavy (non-hydrogen) atoms. The summed E-state index contributed by atoms with van der Waals surface area (Å²) in [7, 11) is 0. The van der Waals surface area contributed by atoms with Crippen LogP contribution in [0, 0.1) is 6.92 Å². The highest BCUT2D eigenvalue weighted by atomic mass is 35.5. The second-order valence-electron chi connectivity index (χ2n) is 7.36. The Morgan fingerprint density at radius 2 is 1.65 bits per heavy atom. The molecule has 0 N–H and O–H groups in total. The van der Waals surface area contributed by atoms with E-state index in [1.165, 1.54) is 0 Å². The average Bonchev–Trinajstić information content (AvgIpc) is 2.79. The second-order valence-corrected chi connectivity index (χ2v) is 7.80. The van der Waals surface area contributed by atoms with E-state index in [0.29, 0.717) is 32.7 Å². The molecule has 5 heteroatoms. The molecular weight excluding hydrogens is 410 g/mol. The zero-order valence-corrected chi connectivity index (χ0v) is 17.9. The molecular formula is C26H20ClNO3. The minimum atomic E-state index is -0.933. The maximum Gasteiger partial charge on any atom is 0.339 e. The number of carbonyl (C=O) groups excluding carboxylic acids is 2. The lowest BCUT2D eigenvalue weighted by molar-refractivity contribution is 0.0320. The summed E-state index contributed by atoms with van der Waals surface area (Å²) in [4.78, 5) is 30.5. The zero-order chi connectivity index (χ0) is 22.0. The smallest absolute Gasteiger partial charge is 0.339 e. The lowest BCUT2D eigenvalue weighted by Gasteiger charge is -2.15. The van der Waals surface area contributed by atoms with E-state index in [1.807, 2.05) is 49.4 Å². The van der Waals surface area contributed by atoms with E-state index in [4.69, 9.17) is 16.3 Å². The number of halogens is 1. The topological polar surface area (TPSA) is 56.3 Å². The number of hydrogen-bond acceptors (Lipinski definition) is 4. The number of esters is 1. The van der Waals surface area contributed by atoms with Crippen LogP contribution >= 0.6 is 11.6 Å². The van der Waals surface area contributed by atoms with Gasteiger partial charge in [-0.25, -0.2) is 9.78 Å². The highest BCUT2D eigenvalue weighted by Crippen LogP contribution is 2.28. The molecule has 4 rings (SSSR count). The number of nitrogens with zero attached hydrogens (tertiary/aromatic N) is 1. The number of benzene rings is 3. The van der Waals surface area contributed by atoms with Gasteiger partial charge < -0.3 is 4.74 Å².